The number of nitrogens with zero attached hydrogens (tertiary/aromatic N) is 2. The summed E-state index contributed by atoms with van der Waals surface area (Å²) in [7, 11) is 0. The summed E-state index contributed by atoms with van der Waals surface area (Å²) < 4.78 is 0. The number of rotatable bonds is 7. The van der Waals surface area contributed by atoms with Gasteiger partial charge >= 0.3 is 0 Å². The molecule has 0 spiro atoms. The molecule has 1 aliphatic heterocycles. The maximum atomic E-state index is 12.2. The average molecular weight is 390 g/mol. The minimum Gasteiger partial charge on any atom is -0.302 e. The number of aromatic nitrogens is 1. The molecule has 2 heterocycles. The van der Waals surface area contributed by atoms with Crippen LogP contribution in [-0.4, -0.2) is 34.1 Å². The van der Waals surface area contributed by atoms with E-state index in [0.717, 1.165) is 42.5 Å². The van der Waals surface area contributed by atoms with E-state index in [4.69, 9.17) is 0 Å². The van der Waals surface area contributed by atoms with Gasteiger partial charge in [0.1, 0.15) is 0 Å². The molecule has 2 aromatic rings. The standard InChI is InChI=1S/C20H27N3OS2/c1-14(2)23-11-10-17-18(13-23)26-20(21-17)22-19(24)5-4-12-25-16-8-6-15(3)7-9-16/h6-9,14H,4-5,10-13H2,1-3H3,(H,21,22,24). The van der Waals surface area contributed by atoms with E-state index < -0.39 is 0 Å². The van der Waals surface area contributed by atoms with Crippen molar-refractivity contribution in [2.24, 2.45) is 0 Å². The first-order chi connectivity index (χ1) is 12.5. The summed E-state index contributed by atoms with van der Waals surface area (Å²) in [6, 6.07) is 9.08. The molecule has 0 atom stereocenters. The van der Waals surface area contributed by atoms with Gasteiger partial charge in [-0.3, -0.25) is 9.69 Å². The van der Waals surface area contributed by atoms with Crippen LogP contribution < -0.4 is 5.32 Å². The summed E-state index contributed by atoms with van der Waals surface area (Å²) in [5.74, 6) is 1.02. The molecular weight excluding hydrogens is 362 g/mol. The van der Waals surface area contributed by atoms with E-state index in [-0.39, 0.29) is 5.91 Å². The van der Waals surface area contributed by atoms with E-state index in [1.807, 2.05) is 0 Å². The molecule has 1 N–H and O–H groups in total. The van der Waals surface area contributed by atoms with Gasteiger partial charge in [0.2, 0.25) is 5.91 Å². The van der Waals surface area contributed by atoms with Crippen molar-refractivity contribution in [3.8, 4) is 0 Å². The van der Waals surface area contributed by atoms with Crippen molar-refractivity contribution in [3.05, 3.63) is 40.4 Å². The highest BCUT2D eigenvalue weighted by molar-refractivity contribution is 7.99. The third kappa shape index (κ3) is 5.32. The lowest BCUT2D eigenvalue weighted by Gasteiger charge is -2.29. The van der Waals surface area contributed by atoms with Gasteiger partial charge < -0.3 is 5.32 Å². The molecule has 0 fully saturated rings. The highest BCUT2D eigenvalue weighted by Gasteiger charge is 2.22. The fourth-order valence-electron chi connectivity index (χ4n) is 2.95. The van der Waals surface area contributed by atoms with Crippen LogP contribution >= 0.6 is 23.1 Å². The SMILES string of the molecule is Cc1ccc(SCCCC(=O)Nc2nc3c(s2)CN(C(C)C)CC3)cc1. The largest absolute Gasteiger partial charge is 0.302 e. The van der Waals surface area contributed by atoms with E-state index in [9.17, 15) is 4.79 Å². The molecule has 1 aliphatic rings. The van der Waals surface area contributed by atoms with Crippen LogP contribution in [0.15, 0.2) is 29.2 Å². The zero-order valence-electron chi connectivity index (χ0n) is 15.7. The highest BCUT2D eigenvalue weighted by atomic mass is 32.2. The summed E-state index contributed by atoms with van der Waals surface area (Å²) in [6.45, 7) is 8.55. The first-order valence-electron chi connectivity index (χ1n) is 9.23. The molecule has 0 saturated carbocycles. The molecule has 0 saturated heterocycles. The second-order valence-electron chi connectivity index (χ2n) is 7.02. The molecule has 1 amide bonds. The van der Waals surface area contributed by atoms with Crippen molar-refractivity contribution in [1.29, 1.82) is 0 Å². The van der Waals surface area contributed by atoms with E-state index in [0.29, 0.717) is 12.5 Å². The predicted molar refractivity (Wildman–Crippen MR) is 111 cm³/mol. The minimum atomic E-state index is 0.0707. The molecule has 1 aromatic heterocycles. The van der Waals surface area contributed by atoms with Crippen LogP contribution in [0.2, 0.25) is 0 Å². The smallest absolute Gasteiger partial charge is 0.226 e. The fourth-order valence-corrected chi connectivity index (χ4v) is 4.85. The maximum absolute atomic E-state index is 12.2. The average Bonchev–Trinajstić information content (AvgIpc) is 3.01. The Kier molecular flexibility index (Phi) is 6.73. The number of benzene rings is 1. The topological polar surface area (TPSA) is 45.2 Å². The number of anilines is 1. The molecule has 3 rings (SSSR count). The van der Waals surface area contributed by atoms with Gasteiger partial charge in [-0.25, -0.2) is 4.98 Å². The molecule has 0 radical (unpaired) electrons. The zero-order chi connectivity index (χ0) is 18.5. The lowest BCUT2D eigenvalue weighted by molar-refractivity contribution is -0.116. The number of thioether (sulfide) groups is 1. The number of carbonyl (C=O) groups is 1. The van der Waals surface area contributed by atoms with Crippen LogP contribution in [0, 0.1) is 6.92 Å². The van der Waals surface area contributed by atoms with Crippen molar-refractivity contribution < 1.29 is 4.79 Å². The fraction of sp³-hybridized carbons (Fsp3) is 0.500. The van der Waals surface area contributed by atoms with Crippen molar-refractivity contribution in [2.45, 2.75) is 57.5 Å². The van der Waals surface area contributed by atoms with Crippen molar-refractivity contribution in [3.63, 3.8) is 0 Å². The van der Waals surface area contributed by atoms with Crippen molar-refractivity contribution in [1.82, 2.24) is 9.88 Å². The van der Waals surface area contributed by atoms with Gasteiger partial charge in [-0.05, 0) is 45.1 Å². The number of hydrogen-bond donors (Lipinski definition) is 1. The van der Waals surface area contributed by atoms with Crippen LogP contribution in [0.4, 0.5) is 5.13 Å². The number of nitrogens with one attached hydrogen (secondary N) is 1. The quantitative estimate of drug-likeness (QED) is 0.549. The van der Waals surface area contributed by atoms with E-state index >= 15 is 0 Å². The first kappa shape index (κ1) is 19.4. The molecule has 0 bridgehead atoms. The van der Waals surface area contributed by atoms with Crippen LogP contribution in [0.25, 0.3) is 0 Å². The number of carbonyl (C=O) groups excluding carboxylic acids is 1. The number of aryl methyl sites for hydroxylation is 1. The molecule has 6 heteroatoms. The van der Waals surface area contributed by atoms with Gasteiger partial charge in [0, 0.05) is 41.7 Å². The molecule has 26 heavy (non-hydrogen) atoms. The first-order valence-corrected chi connectivity index (χ1v) is 11.0. The van der Waals surface area contributed by atoms with Gasteiger partial charge in [-0.1, -0.05) is 17.7 Å². The molecule has 1 aromatic carbocycles. The Morgan fingerprint density at radius 3 is 2.85 bits per heavy atom. The second-order valence-corrected chi connectivity index (χ2v) is 9.27. The van der Waals surface area contributed by atoms with Crippen molar-refractivity contribution in [2.75, 3.05) is 17.6 Å². The van der Waals surface area contributed by atoms with Gasteiger partial charge in [0.15, 0.2) is 5.13 Å². The maximum Gasteiger partial charge on any atom is 0.226 e. The van der Waals surface area contributed by atoms with Gasteiger partial charge in [0.05, 0.1) is 5.69 Å². The summed E-state index contributed by atoms with van der Waals surface area (Å²) in [5, 5.41) is 3.75. The number of fused-ring (bicyclic) bond motifs is 1. The molecule has 0 aliphatic carbocycles. The lowest BCUT2D eigenvalue weighted by Crippen LogP contribution is -2.35. The van der Waals surface area contributed by atoms with E-state index in [2.05, 4.69) is 60.2 Å². The molecule has 0 unspecified atom stereocenters. The van der Waals surface area contributed by atoms with E-state index in [1.165, 1.54) is 15.3 Å². The minimum absolute atomic E-state index is 0.0707. The highest BCUT2D eigenvalue weighted by Crippen LogP contribution is 2.29. The van der Waals surface area contributed by atoms with Gasteiger partial charge in [0.25, 0.3) is 0 Å². The molecule has 140 valence electrons. The summed E-state index contributed by atoms with van der Waals surface area (Å²) in [5.41, 5.74) is 2.44. The van der Waals surface area contributed by atoms with Crippen LogP contribution in [0.5, 0.6) is 0 Å². The second kappa shape index (κ2) is 9.02. The monoisotopic (exact) mass is 389 g/mol. The number of hydrogen-bond acceptors (Lipinski definition) is 5. The Morgan fingerprint density at radius 1 is 1.35 bits per heavy atom. The Labute approximate surface area is 164 Å². The number of amides is 1. The Bertz CT molecular complexity index is 740. The van der Waals surface area contributed by atoms with E-state index in [1.54, 1.807) is 23.1 Å². The van der Waals surface area contributed by atoms with Crippen LogP contribution in [0.1, 0.15) is 42.8 Å². The van der Waals surface area contributed by atoms with Crippen LogP contribution in [0.3, 0.4) is 0 Å². The Morgan fingerprint density at radius 2 is 2.12 bits per heavy atom. The third-order valence-electron chi connectivity index (χ3n) is 4.58. The summed E-state index contributed by atoms with van der Waals surface area (Å²) >= 11 is 3.44. The number of thiazole rings is 1. The lowest BCUT2D eigenvalue weighted by atomic mass is 10.1. The third-order valence-corrected chi connectivity index (χ3v) is 6.67. The summed E-state index contributed by atoms with van der Waals surface area (Å²) in [6.07, 6.45) is 2.39. The van der Waals surface area contributed by atoms with Crippen molar-refractivity contribution >= 4 is 34.1 Å². The predicted octanol–water partition coefficient (Wildman–Crippen LogP) is 4.73. The Hall–Kier alpha value is -1.37. The zero-order valence-corrected chi connectivity index (χ0v) is 17.4. The van der Waals surface area contributed by atoms with Gasteiger partial charge in [-0.15, -0.1) is 23.1 Å². The normalized spacial score (nSPS) is 14.5. The molecular formula is C20H27N3OS2. The molecule has 4 nitrogen and oxygen atoms in total. The summed E-state index contributed by atoms with van der Waals surface area (Å²) in [4.78, 5) is 21.8. The van der Waals surface area contributed by atoms with Crippen LogP contribution in [-0.2, 0) is 17.8 Å². The Balaban J connectivity index is 1.42. The van der Waals surface area contributed by atoms with Gasteiger partial charge in [-0.2, -0.15) is 0 Å².